The van der Waals surface area contributed by atoms with E-state index in [1.165, 1.54) is 12.0 Å². The molecule has 0 bridgehead atoms. The van der Waals surface area contributed by atoms with Crippen LogP contribution < -0.4 is 10.2 Å². The number of benzene rings is 1. The Morgan fingerprint density at radius 3 is 2.90 bits per heavy atom. The highest BCUT2D eigenvalue weighted by molar-refractivity contribution is 6.01. The van der Waals surface area contributed by atoms with E-state index in [0.29, 0.717) is 5.91 Å². The zero-order valence-electron chi connectivity index (χ0n) is 13.0. The Morgan fingerprint density at radius 2 is 2.14 bits per heavy atom. The lowest BCUT2D eigenvalue weighted by Crippen LogP contribution is -2.55. The predicted octanol–water partition coefficient (Wildman–Crippen LogP) is 3.28. The van der Waals surface area contributed by atoms with Gasteiger partial charge in [-0.3, -0.25) is 4.79 Å². The maximum Gasteiger partial charge on any atom is 0.247 e. The monoisotopic (exact) mass is 286 g/mol. The normalized spacial score (nSPS) is 25.5. The summed E-state index contributed by atoms with van der Waals surface area (Å²) < 4.78 is 0. The number of nitrogens with one attached hydrogen (secondary N) is 1. The van der Waals surface area contributed by atoms with E-state index in [1.807, 2.05) is 0 Å². The van der Waals surface area contributed by atoms with Gasteiger partial charge >= 0.3 is 0 Å². The Bertz CT molecular complexity index is 506. The molecule has 3 heteroatoms. The van der Waals surface area contributed by atoms with E-state index in [1.54, 1.807) is 0 Å². The van der Waals surface area contributed by atoms with Gasteiger partial charge in [0, 0.05) is 12.2 Å². The third kappa shape index (κ3) is 2.71. The van der Waals surface area contributed by atoms with Gasteiger partial charge in [-0.25, -0.2) is 0 Å². The molecule has 0 spiro atoms. The third-order valence-electron chi connectivity index (χ3n) is 4.94. The molecule has 1 unspecified atom stereocenters. The first-order chi connectivity index (χ1) is 10.3. The minimum Gasteiger partial charge on any atom is -0.311 e. The molecule has 2 heterocycles. The fourth-order valence-corrected chi connectivity index (χ4v) is 3.90. The second-order valence-corrected chi connectivity index (χ2v) is 6.41. The van der Waals surface area contributed by atoms with Gasteiger partial charge in [-0.05, 0) is 56.7 Å². The summed E-state index contributed by atoms with van der Waals surface area (Å²) in [4.78, 5) is 15.4. The number of rotatable bonds is 3. The van der Waals surface area contributed by atoms with E-state index in [0.717, 1.165) is 57.3 Å². The number of anilines is 1. The number of fused-ring (bicyclic) bond motifs is 1. The molecule has 0 radical (unpaired) electrons. The van der Waals surface area contributed by atoms with Crippen LogP contribution in [0.5, 0.6) is 0 Å². The van der Waals surface area contributed by atoms with Crippen LogP contribution in [0.1, 0.15) is 51.0 Å². The summed E-state index contributed by atoms with van der Waals surface area (Å²) in [5.41, 5.74) is 2.16. The van der Waals surface area contributed by atoms with Crippen LogP contribution >= 0.6 is 0 Å². The number of aryl methyl sites for hydroxylation is 1. The van der Waals surface area contributed by atoms with Crippen molar-refractivity contribution in [2.24, 2.45) is 0 Å². The van der Waals surface area contributed by atoms with Crippen molar-refractivity contribution in [1.82, 2.24) is 5.32 Å². The molecule has 2 aliphatic heterocycles. The van der Waals surface area contributed by atoms with Gasteiger partial charge in [-0.2, -0.15) is 0 Å². The molecule has 1 amide bonds. The van der Waals surface area contributed by atoms with Crippen LogP contribution in [0.15, 0.2) is 24.3 Å². The summed E-state index contributed by atoms with van der Waals surface area (Å²) >= 11 is 0. The summed E-state index contributed by atoms with van der Waals surface area (Å²) in [5, 5.41) is 3.53. The molecule has 114 valence electrons. The van der Waals surface area contributed by atoms with E-state index in [2.05, 4.69) is 41.4 Å². The Balaban J connectivity index is 1.93. The number of nitrogens with zero attached hydrogens (tertiary/aromatic N) is 1. The van der Waals surface area contributed by atoms with Gasteiger partial charge in [-0.15, -0.1) is 0 Å². The van der Waals surface area contributed by atoms with Crippen molar-refractivity contribution in [3.8, 4) is 0 Å². The Kier molecular flexibility index (Phi) is 4.29. The molecule has 3 rings (SSSR count). The predicted molar refractivity (Wildman–Crippen MR) is 86.6 cm³/mol. The number of hydrogen-bond acceptors (Lipinski definition) is 2. The highest BCUT2D eigenvalue weighted by atomic mass is 16.2. The molecule has 1 N–H and O–H groups in total. The molecule has 0 aliphatic carbocycles. The number of amides is 1. The molecule has 1 fully saturated rings. The molecule has 2 aliphatic rings. The Hall–Kier alpha value is -1.35. The summed E-state index contributed by atoms with van der Waals surface area (Å²) in [6.45, 7) is 4.01. The van der Waals surface area contributed by atoms with Crippen molar-refractivity contribution in [1.29, 1.82) is 0 Å². The molecule has 0 aromatic heterocycles. The molecular weight excluding hydrogens is 260 g/mol. The zero-order chi connectivity index (χ0) is 14.7. The highest BCUT2D eigenvalue weighted by Gasteiger charge is 2.43. The van der Waals surface area contributed by atoms with Gasteiger partial charge < -0.3 is 10.2 Å². The number of hydrogen-bond donors (Lipinski definition) is 1. The van der Waals surface area contributed by atoms with Crippen LogP contribution in [0.4, 0.5) is 5.69 Å². The molecule has 0 saturated carbocycles. The lowest BCUT2D eigenvalue weighted by Gasteiger charge is -2.34. The summed E-state index contributed by atoms with van der Waals surface area (Å²) in [7, 11) is 0. The lowest BCUT2D eigenvalue weighted by molar-refractivity contribution is -0.124. The van der Waals surface area contributed by atoms with Gasteiger partial charge in [-0.1, -0.05) is 31.5 Å². The third-order valence-corrected chi connectivity index (χ3v) is 4.94. The maximum absolute atomic E-state index is 13.3. The van der Waals surface area contributed by atoms with Crippen molar-refractivity contribution in [3.63, 3.8) is 0 Å². The second-order valence-electron chi connectivity index (χ2n) is 6.41. The van der Waals surface area contributed by atoms with Gasteiger partial charge in [0.1, 0.15) is 0 Å². The maximum atomic E-state index is 13.3. The van der Waals surface area contributed by atoms with Crippen LogP contribution in [-0.2, 0) is 11.2 Å². The van der Waals surface area contributed by atoms with E-state index < -0.39 is 0 Å². The van der Waals surface area contributed by atoms with Crippen molar-refractivity contribution in [2.45, 2.75) is 57.4 Å². The van der Waals surface area contributed by atoms with Crippen LogP contribution in [-0.4, -0.2) is 24.5 Å². The SMILES string of the molecule is CCCC1(C(=O)N2CCCCc3ccccc32)CCCN1. The second kappa shape index (κ2) is 6.18. The molecule has 1 saturated heterocycles. The van der Waals surface area contributed by atoms with Gasteiger partial charge in [0.15, 0.2) is 0 Å². The van der Waals surface area contributed by atoms with Crippen molar-refractivity contribution >= 4 is 11.6 Å². The number of carbonyl (C=O) groups excluding carboxylic acids is 1. The van der Waals surface area contributed by atoms with Crippen LogP contribution in [0, 0.1) is 0 Å². The average Bonchev–Trinajstić information content (AvgIpc) is 2.87. The smallest absolute Gasteiger partial charge is 0.247 e. The summed E-state index contributed by atoms with van der Waals surface area (Å²) in [6, 6.07) is 8.43. The minimum absolute atomic E-state index is 0.302. The largest absolute Gasteiger partial charge is 0.311 e. The number of para-hydroxylation sites is 1. The van der Waals surface area contributed by atoms with Crippen molar-refractivity contribution in [2.75, 3.05) is 18.0 Å². The molecule has 21 heavy (non-hydrogen) atoms. The average molecular weight is 286 g/mol. The fraction of sp³-hybridized carbons (Fsp3) is 0.611. The topological polar surface area (TPSA) is 32.3 Å². The lowest BCUT2D eigenvalue weighted by atomic mass is 9.89. The Labute approximate surface area is 127 Å². The van der Waals surface area contributed by atoms with Gasteiger partial charge in [0.2, 0.25) is 5.91 Å². The van der Waals surface area contributed by atoms with Crippen LogP contribution in [0.2, 0.25) is 0 Å². The highest BCUT2D eigenvalue weighted by Crippen LogP contribution is 2.32. The summed E-state index contributed by atoms with van der Waals surface area (Å²) in [6.07, 6.45) is 7.46. The Morgan fingerprint density at radius 1 is 1.29 bits per heavy atom. The first-order valence-corrected chi connectivity index (χ1v) is 8.42. The van der Waals surface area contributed by atoms with E-state index in [-0.39, 0.29) is 5.54 Å². The number of carbonyl (C=O) groups is 1. The van der Waals surface area contributed by atoms with Crippen LogP contribution in [0.25, 0.3) is 0 Å². The fourth-order valence-electron chi connectivity index (χ4n) is 3.90. The van der Waals surface area contributed by atoms with Crippen molar-refractivity contribution < 1.29 is 4.79 Å². The first kappa shape index (κ1) is 14.6. The molecule has 1 atom stereocenters. The van der Waals surface area contributed by atoms with Gasteiger partial charge in [0.05, 0.1) is 5.54 Å². The molecular formula is C18H26N2O. The van der Waals surface area contributed by atoms with Crippen molar-refractivity contribution in [3.05, 3.63) is 29.8 Å². The van der Waals surface area contributed by atoms with Crippen LogP contribution in [0.3, 0.4) is 0 Å². The minimum atomic E-state index is -0.313. The van der Waals surface area contributed by atoms with E-state index in [4.69, 9.17) is 0 Å². The molecule has 3 nitrogen and oxygen atoms in total. The summed E-state index contributed by atoms with van der Waals surface area (Å²) in [5.74, 6) is 0.302. The van der Waals surface area contributed by atoms with E-state index in [9.17, 15) is 4.79 Å². The first-order valence-electron chi connectivity index (χ1n) is 8.42. The van der Waals surface area contributed by atoms with Gasteiger partial charge in [0.25, 0.3) is 0 Å². The quantitative estimate of drug-likeness (QED) is 0.925. The van der Waals surface area contributed by atoms with E-state index >= 15 is 0 Å². The zero-order valence-corrected chi connectivity index (χ0v) is 13.0. The molecule has 1 aromatic rings. The standard InChI is InChI=1S/C18H26N2O/c1-2-11-18(12-7-13-19-18)17(21)20-14-6-5-9-15-8-3-4-10-16(15)20/h3-4,8,10,19H,2,5-7,9,11-14H2,1H3. The molecule has 1 aromatic carbocycles.